The fourth-order valence-corrected chi connectivity index (χ4v) is 6.42. The predicted molar refractivity (Wildman–Crippen MR) is 107 cm³/mol. The Morgan fingerprint density at radius 2 is 1.90 bits per heavy atom. The van der Waals surface area contributed by atoms with E-state index in [2.05, 4.69) is 9.97 Å². The number of ether oxygens (including phenoxy) is 1. The third-order valence-electron chi connectivity index (χ3n) is 5.71. The Labute approximate surface area is 175 Å². The van der Waals surface area contributed by atoms with Crippen molar-refractivity contribution in [2.75, 3.05) is 19.7 Å². The molecule has 1 saturated carbocycles. The molecule has 1 aliphatic heterocycles. The van der Waals surface area contributed by atoms with E-state index in [0.29, 0.717) is 49.6 Å². The normalized spacial score (nSPS) is 21.8. The van der Waals surface area contributed by atoms with Crippen LogP contribution >= 0.6 is 11.6 Å². The van der Waals surface area contributed by atoms with Gasteiger partial charge < -0.3 is 9.64 Å². The minimum absolute atomic E-state index is 0.135. The number of sulfone groups is 1. The van der Waals surface area contributed by atoms with E-state index in [1.165, 1.54) is 12.1 Å². The van der Waals surface area contributed by atoms with Crippen LogP contribution in [0.2, 0.25) is 5.02 Å². The molecule has 154 valence electrons. The van der Waals surface area contributed by atoms with Crippen LogP contribution in [0.1, 0.15) is 37.5 Å². The van der Waals surface area contributed by atoms with Gasteiger partial charge in [0, 0.05) is 24.0 Å². The van der Waals surface area contributed by atoms with Crippen LogP contribution in [0.5, 0.6) is 0 Å². The topological polar surface area (TPSA) is 89.5 Å². The molecule has 1 aromatic heterocycles. The van der Waals surface area contributed by atoms with Gasteiger partial charge in [-0.25, -0.2) is 8.42 Å². The third kappa shape index (κ3) is 3.65. The zero-order valence-electron chi connectivity index (χ0n) is 15.8. The molecule has 2 aliphatic rings. The van der Waals surface area contributed by atoms with Gasteiger partial charge in [0.25, 0.3) is 0 Å². The molecule has 1 saturated heterocycles. The maximum atomic E-state index is 13.6. The number of hydrogen-bond acceptors (Lipinski definition) is 6. The first-order valence-electron chi connectivity index (χ1n) is 9.61. The first kappa shape index (κ1) is 20.3. The number of amides is 1. The van der Waals surface area contributed by atoms with Gasteiger partial charge in [0.05, 0.1) is 29.9 Å². The lowest BCUT2D eigenvalue weighted by molar-refractivity contribution is -0.141. The van der Waals surface area contributed by atoms with Crippen LogP contribution in [0.25, 0.3) is 0 Å². The fraction of sp³-hybridized carbons (Fsp3) is 0.450. The molecule has 2 fully saturated rings. The average molecular weight is 436 g/mol. The zero-order valence-corrected chi connectivity index (χ0v) is 17.4. The molecular weight excluding hydrogens is 414 g/mol. The van der Waals surface area contributed by atoms with E-state index in [4.69, 9.17) is 16.3 Å². The summed E-state index contributed by atoms with van der Waals surface area (Å²) in [5.74, 6) is -0.345. The van der Waals surface area contributed by atoms with Gasteiger partial charge in [-0.1, -0.05) is 24.4 Å². The van der Waals surface area contributed by atoms with Crippen LogP contribution in [0.4, 0.5) is 0 Å². The second-order valence-electron chi connectivity index (χ2n) is 7.40. The van der Waals surface area contributed by atoms with Crippen molar-refractivity contribution in [2.45, 2.75) is 41.4 Å². The number of benzene rings is 1. The number of aromatic nitrogens is 2. The molecule has 1 aliphatic carbocycles. The van der Waals surface area contributed by atoms with Crippen LogP contribution in [0.3, 0.4) is 0 Å². The summed E-state index contributed by atoms with van der Waals surface area (Å²) >= 11 is 5.92. The fourth-order valence-electron chi connectivity index (χ4n) is 4.16. The van der Waals surface area contributed by atoms with E-state index in [9.17, 15) is 13.2 Å². The van der Waals surface area contributed by atoms with Crippen molar-refractivity contribution in [1.82, 2.24) is 14.9 Å². The van der Waals surface area contributed by atoms with E-state index in [1.807, 2.05) is 0 Å². The molecule has 7 nitrogen and oxygen atoms in total. The third-order valence-corrected chi connectivity index (χ3v) is 8.46. The lowest BCUT2D eigenvalue weighted by Crippen LogP contribution is -2.55. The van der Waals surface area contributed by atoms with Crippen LogP contribution in [0.15, 0.2) is 47.8 Å². The second kappa shape index (κ2) is 8.01. The molecule has 4 rings (SSSR count). The molecule has 1 atom stereocenters. The lowest BCUT2D eigenvalue weighted by atomic mass is 10.0. The molecule has 0 bridgehead atoms. The number of carbonyl (C=O) groups excluding carboxylic acids is 1. The Morgan fingerprint density at radius 3 is 2.55 bits per heavy atom. The van der Waals surface area contributed by atoms with Crippen molar-refractivity contribution in [3.8, 4) is 0 Å². The van der Waals surface area contributed by atoms with Crippen molar-refractivity contribution >= 4 is 27.3 Å². The highest BCUT2D eigenvalue weighted by Crippen LogP contribution is 2.42. The lowest BCUT2D eigenvalue weighted by Gasteiger charge is -2.38. The van der Waals surface area contributed by atoms with E-state index < -0.39 is 20.7 Å². The number of halogens is 1. The smallest absolute Gasteiger partial charge is 0.244 e. The molecule has 2 aromatic rings. The molecule has 2 heterocycles. The van der Waals surface area contributed by atoms with Gasteiger partial charge in [0.2, 0.25) is 5.91 Å². The Morgan fingerprint density at radius 1 is 1.17 bits per heavy atom. The summed E-state index contributed by atoms with van der Waals surface area (Å²) in [6.45, 7) is 0.937. The minimum atomic E-state index is -3.87. The zero-order chi connectivity index (χ0) is 20.5. The van der Waals surface area contributed by atoms with Gasteiger partial charge in [-0.05, 0) is 37.1 Å². The predicted octanol–water partition coefficient (Wildman–Crippen LogP) is 2.82. The first-order valence-corrected chi connectivity index (χ1v) is 11.5. The minimum Gasteiger partial charge on any atom is -0.368 e. The molecule has 0 radical (unpaired) electrons. The molecule has 29 heavy (non-hydrogen) atoms. The molecule has 1 aromatic carbocycles. The SMILES string of the molecule is O=C(N1CCOC(c2cnccn2)C1)C1(S(=O)(=O)c2ccc(Cl)cc2)CCCC1. The van der Waals surface area contributed by atoms with Crippen LogP contribution in [-0.2, 0) is 19.4 Å². The van der Waals surface area contributed by atoms with Crippen molar-refractivity contribution in [3.05, 3.63) is 53.6 Å². The summed E-state index contributed by atoms with van der Waals surface area (Å²) in [4.78, 5) is 23.7. The number of carbonyl (C=O) groups is 1. The van der Waals surface area contributed by atoms with Crippen molar-refractivity contribution < 1.29 is 17.9 Å². The second-order valence-corrected chi connectivity index (χ2v) is 10.1. The highest BCUT2D eigenvalue weighted by atomic mass is 35.5. The Hall–Kier alpha value is -2.03. The number of rotatable bonds is 4. The van der Waals surface area contributed by atoms with E-state index in [1.54, 1.807) is 35.6 Å². The van der Waals surface area contributed by atoms with E-state index >= 15 is 0 Å². The summed E-state index contributed by atoms with van der Waals surface area (Å²) in [5.41, 5.74) is 0.631. The Kier molecular flexibility index (Phi) is 5.59. The maximum absolute atomic E-state index is 13.6. The quantitative estimate of drug-likeness (QED) is 0.733. The largest absolute Gasteiger partial charge is 0.368 e. The van der Waals surface area contributed by atoms with Crippen LogP contribution < -0.4 is 0 Å². The van der Waals surface area contributed by atoms with Gasteiger partial charge in [0.15, 0.2) is 14.6 Å². The standard InChI is InChI=1S/C20H22ClN3O4S/c21-15-3-5-16(6-4-15)29(26,27)20(7-1-2-8-20)19(25)24-11-12-28-18(14-24)17-13-22-9-10-23-17/h3-6,9-10,13,18H,1-2,7-8,11-12,14H2. The molecular formula is C20H22ClN3O4S. The Bertz CT molecular complexity index is 977. The van der Waals surface area contributed by atoms with Gasteiger partial charge >= 0.3 is 0 Å². The van der Waals surface area contributed by atoms with Crippen molar-refractivity contribution in [1.29, 1.82) is 0 Å². The van der Waals surface area contributed by atoms with Gasteiger partial charge in [0.1, 0.15) is 6.10 Å². The van der Waals surface area contributed by atoms with Crippen LogP contribution in [-0.4, -0.2) is 53.6 Å². The van der Waals surface area contributed by atoms with Gasteiger partial charge in [-0.3, -0.25) is 14.8 Å². The first-order chi connectivity index (χ1) is 13.9. The summed E-state index contributed by atoms with van der Waals surface area (Å²) in [5, 5.41) is 0.454. The van der Waals surface area contributed by atoms with Crippen LogP contribution in [0, 0.1) is 0 Å². The summed E-state index contributed by atoms with van der Waals surface area (Å²) < 4.78 is 31.4. The molecule has 9 heteroatoms. The van der Waals surface area contributed by atoms with Gasteiger partial charge in [-0.2, -0.15) is 0 Å². The molecule has 0 spiro atoms. The summed E-state index contributed by atoms with van der Waals surface area (Å²) in [6.07, 6.45) is 6.39. The summed E-state index contributed by atoms with van der Waals surface area (Å²) in [7, 11) is -3.87. The van der Waals surface area contributed by atoms with E-state index in [0.717, 1.165) is 0 Å². The maximum Gasteiger partial charge on any atom is 0.244 e. The number of nitrogens with zero attached hydrogens (tertiary/aromatic N) is 3. The van der Waals surface area contributed by atoms with Crippen molar-refractivity contribution in [3.63, 3.8) is 0 Å². The van der Waals surface area contributed by atoms with Crippen molar-refractivity contribution in [2.24, 2.45) is 0 Å². The molecule has 0 N–H and O–H groups in total. The number of morpholine rings is 1. The molecule has 1 amide bonds. The average Bonchev–Trinajstić information content (AvgIpc) is 3.26. The Balaban J connectivity index is 1.64. The number of hydrogen-bond donors (Lipinski definition) is 0. The summed E-state index contributed by atoms with van der Waals surface area (Å²) in [6, 6.07) is 6.04. The van der Waals surface area contributed by atoms with E-state index in [-0.39, 0.29) is 17.3 Å². The highest BCUT2D eigenvalue weighted by Gasteiger charge is 2.54. The highest BCUT2D eigenvalue weighted by molar-refractivity contribution is 7.93. The van der Waals surface area contributed by atoms with Gasteiger partial charge in [-0.15, -0.1) is 0 Å². The molecule has 1 unspecified atom stereocenters. The monoisotopic (exact) mass is 435 g/mol.